The number of nitrogens with one attached hydrogen (secondary N) is 1. The molecule has 5 N–H and O–H groups in total. The summed E-state index contributed by atoms with van der Waals surface area (Å²) in [4.78, 5) is 23.1. The van der Waals surface area contributed by atoms with Crippen molar-refractivity contribution in [2.75, 3.05) is 6.54 Å². The lowest BCUT2D eigenvalue weighted by atomic mass is 9.98. The van der Waals surface area contributed by atoms with E-state index in [0.717, 1.165) is 0 Å². The molecule has 0 spiro atoms. The van der Waals surface area contributed by atoms with Gasteiger partial charge in [-0.1, -0.05) is 6.92 Å². The van der Waals surface area contributed by atoms with Crippen molar-refractivity contribution in [2.45, 2.75) is 45.3 Å². The standard InChI is InChI=1S/C10H21N3O6S/c1-5-10(11,7(14)19-20(12,16)17)6-13-8(15)18-9(2,3)4/h5-6,11H2,1-4H3,(H,13,15)(H2,12,16,17). The highest BCUT2D eigenvalue weighted by Crippen LogP contribution is 2.11. The minimum absolute atomic E-state index is 0.0250. The summed E-state index contributed by atoms with van der Waals surface area (Å²) in [6.45, 7) is 6.17. The lowest BCUT2D eigenvalue weighted by Crippen LogP contribution is -2.57. The maximum absolute atomic E-state index is 11.6. The number of ether oxygens (including phenoxy) is 1. The van der Waals surface area contributed by atoms with Crippen LogP contribution in [0.15, 0.2) is 0 Å². The van der Waals surface area contributed by atoms with Gasteiger partial charge >= 0.3 is 22.4 Å². The minimum atomic E-state index is -4.46. The number of amides is 1. The van der Waals surface area contributed by atoms with Crippen LogP contribution in [0.25, 0.3) is 0 Å². The predicted octanol–water partition coefficient (Wildman–Crippen LogP) is -0.635. The summed E-state index contributed by atoms with van der Waals surface area (Å²) in [7, 11) is -4.46. The number of carbonyl (C=O) groups is 2. The molecule has 0 rings (SSSR count). The fourth-order valence-corrected chi connectivity index (χ4v) is 1.45. The lowest BCUT2D eigenvalue weighted by molar-refractivity contribution is -0.139. The van der Waals surface area contributed by atoms with Crippen LogP contribution in [0, 0.1) is 0 Å². The van der Waals surface area contributed by atoms with Crippen molar-refractivity contribution >= 4 is 22.4 Å². The number of hydrogen-bond acceptors (Lipinski definition) is 7. The van der Waals surface area contributed by atoms with Gasteiger partial charge < -0.3 is 20.0 Å². The lowest BCUT2D eigenvalue weighted by Gasteiger charge is -2.26. The Bertz CT molecular complexity index is 470. The van der Waals surface area contributed by atoms with Gasteiger partial charge in [0.15, 0.2) is 0 Å². The van der Waals surface area contributed by atoms with Crippen molar-refractivity contribution in [1.82, 2.24) is 5.32 Å². The molecule has 0 aliphatic heterocycles. The zero-order chi connectivity index (χ0) is 16.2. The van der Waals surface area contributed by atoms with E-state index in [4.69, 9.17) is 10.5 Å². The molecule has 0 aromatic heterocycles. The second kappa shape index (κ2) is 6.37. The van der Waals surface area contributed by atoms with E-state index < -0.39 is 33.5 Å². The zero-order valence-corrected chi connectivity index (χ0v) is 12.7. The van der Waals surface area contributed by atoms with Crippen LogP contribution < -0.4 is 16.2 Å². The van der Waals surface area contributed by atoms with Crippen LogP contribution in [0.5, 0.6) is 0 Å². The smallest absolute Gasteiger partial charge is 0.407 e. The summed E-state index contributed by atoms with van der Waals surface area (Å²) in [6, 6.07) is 0. The average Bonchev–Trinajstić information content (AvgIpc) is 2.21. The van der Waals surface area contributed by atoms with E-state index in [2.05, 4.69) is 14.6 Å². The normalized spacial score (nSPS) is 15.1. The van der Waals surface area contributed by atoms with Crippen LogP contribution in [0.4, 0.5) is 4.79 Å². The Kier molecular flexibility index (Phi) is 5.93. The molecule has 10 heteroatoms. The molecule has 1 amide bonds. The molecule has 0 saturated heterocycles. The van der Waals surface area contributed by atoms with Gasteiger partial charge in [0, 0.05) is 6.54 Å². The molecule has 0 aliphatic carbocycles. The summed E-state index contributed by atoms with van der Waals surface area (Å²) in [6.07, 6.45) is -0.763. The highest BCUT2D eigenvalue weighted by atomic mass is 32.2. The largest absolute Gasteiger partial charge is 0.444 e. The first-order chi connectivity index (χ1) is 8.79. The Balaban J connectivity index is 4.68. The first-order valence-electron chi connectivity index (χ1n) is 5.81. The summed E-state index contributed by atoms with van der Waals surface area (Å²) in [5, 5.41) is 6.86. The van der Waals surface area contributed by atoms with Gasteiger partial charge in [-0.2, -0.15) is 13.6 Å². The Morgan fingerprint density at radius 1 is 1.25 bits per heavy atom. The minimum Gasteiger partial charge on any atom is -0.444 e. The monoisotopic (exact) mass is 311 g/mol. The molecule has 0 fully saturated rings. The molecule has 0 aromatic carbocycles. The van der Waals surface area contributed by atoms with Crippen LogP contribution in [0.1, 0.15) is 34.1 Å². The van der Waals surface area contributed by atoms with Crippen molar-refractivity contribution in [2.24, 2.45) is 10.9 Å². The van der Waals surface area contributed by atoms with Crippen molar-refractivity contribution in [1.29, 1.82) is 0 Å². The number of hydrogen-bond donors (Lipinski definition) is 3. The Labute approximate surface area is 118 Å². The summed E-state index contributed by atoms with van der Waals surface area (Å²) >= 11 is 0. The van der Waals surface area contributed by atoms with Gasteiger partial charge in [0.1, 0.15) is 11.1 Å². The zero-order valence-electron chi connectivity index (χ0n) is 11.9. The summed E-state index contributed by atoms with van der Waals surface area (Å²) in [5.74, 6) is -1.25. The number of alkyl carbamates (subject to hydrolysis) is 1. The molecule has 0 heterocycles. The van der Waals surface area contributed by atoms with E-state index in [1.165, 1.54) is 6.92 Å². The van der Waals surface area contributed by atoms with Crippen molar-refractivity contribution in [3.05, 3.63) is 0 Å². The molecular weight excluding hydrogens is 290 g/mol. The quantitative estimate of drug-likeness (QED) is 0.611. The molecule has 0 aliphatic rings. The molecule has 9 nitrogen and oxygen atoms in total. The molecule has 0 aromatic rings. The molecule has 20 heavy (non-hydrogen) atoms. The fourth-order valence-electron chi connectivity index (χ4n) is 1.07. The van der Waals surface area contributed by atoms with E-state index in [1.807, 2.05) is 0 Å². The molecule has 0 radical (unpaired) electrons. The van der Waals surface area contributed by atoms with Gasteiger partial charge in [0.25, 0.3) is 0 Å². The maximum Gasteiger partial charge on any atom is 0.407 e. The van der Waals surface area contributed by atoms with Crippen LogP contribution in [-0.4, -0.2) is 38.2 Å². The van der Waals surface area contributed by atoms with Gasteiger partial charge in [0.05, 0.1) is 0 Å². The van der Waals surface area contributed by atoms with Gasteiger partial charge in [-0.05, 0) is 27.2 Å². The summed E-state index contributed by atoms with van der Waals surface area (Å²) in [5.41, 5.74) is 3.26. The molecule has 118 valence electrons. The third kappa shape index (κ3) is 7.26. The van der Waals surface area contributed by atoms with Gasteiger partial charge in [-0.25, -0.2) is 9.59 Å². The average molecular weight is 311 g/mol. The third-order valence-corrected chi connectivity index (χ3v) is 2.56. The van der Waals surface area contributed by atoms with Crippen LogP contribution in [0.3, 0.4) is 0 Å². The highest BCUT2D eigenvalue weighted by Gasteiger charge is 2.37. The van der Waals surface area contributed by atoms with Crippen LogP contribution >= 0.6 is 0 Å². The van der Waals surface area contributed by atoms with E-state index in [1.54, 1.807) is 20.8 Å². The predicted molar refractivity (Wildman–Crippen MR) is 70.6 cm³/mol. The Morgan fingerprint density at radius 3 is 2.10 bits per heavy atom. The van der Waals surface area contributed by atoms with E-state index in [0.29, 0.717) is 0 Å². The van der Waals surface area contributed by atoms with Crippen LogP contribution in [-0.2, 0) is 24.0 Å². The maximum atomic E-state index is 11.6. The molecule has 0 saturated carbocycles. The van der Waals surface area contributed by atoms with Gasteiger partial charge in [-0.3, -0.25) is 0 Å². The second-order valence-electron chi connectivity index (χ2n) is 5.23. The van der Waals surface area contributed by atoms with Crippen molar-refractivity contribution in [3.8, 4) is 0 Å². The molecule has 0 bridgehead atoms. The second-order valence-corrected chi connectivity index (χ2v) is 6.38. The molecular formula is C10H21N3O6S. The number of rotatable bonds is 5. The van der Waals surface area contributed by atoms with E-state index in [9.17, 15) is 18.0 Å². The van der Waals surface area contributed by atoms with Gasteiger partial charge in [-0.15, -0.1) is 0 Å². The SMILES string of the molecule is CCC(N)(CNC(=O)OC(C)(C)C)C(=O)OS(N)(=O)=O. The van der Waals surface area contributed by atoms with Crippen molar-refractivity contribution in [3.63, 3.8) is 0 Å². The first kappa shape index (κ1) is 18.6. The van der Waals surface area contributed by atoms with Gasteiger partial charge in [0.2, 0.25) is 0 Å². The molecule has 1 atom stereocenters. The third-order valence-electron chi connectivity index (χ3n) is 2.18. The van der Waals surface area contributed by atoms with E-state index in [-0.39, 0.29) is 13.0 Å². The van der Waals surface area contributed by atoms with Crippen molar-refractivity contribution < 1.29 is 26.9 Å². The topological polar surface area (TPSA) is 151 Å². The first-order valence-corrected chi connectivity index (χ1v) is 7.28. The van der Waals surface area contributed by atoms with Crippen LogP contribution in [0.2, 0.25) is 0 Å². The van der Waals surface area contributed by atoms with E-state index >= 15 is 0 Å². The fraction of sp³-hybridized carbons (Fsp3) is 0.800. The molecule has 1 unspecified atom stereocenters. The number of nitrogens with two attached hydrogens (primary N) is 2. The Hall–Kier alpha value is -1.39. The summed E-state index contributed by atoms with van der Waals surface area (Å²) < 4.78 is 30.4. The number of carbonyl (C=O) groups excluding carboxylic acids is 2. The highest BCUT2D eigenvalue weighted by molar-refractivity contribution is 7.84. The Morgan fingerprint density at radius 2 is 1.75 bits per heavy atom.